The minimum atomic E-state index is -1.17. The van der Waals surface area contributed by atoms with Crippen LogP contribution in [-0.4, -0.2) is 40.2 Å². The summed E-state index contributed by atoms with van der Waals surface area (Å²) in [6, 6.07) is 4.25. The first-order valence-corrected chi connectivity index (χ1v) is 7.50. The minimum Gasteiger partial charge on any atom is -0.393 e. The second-order valence-corrected chi connectivity index (χ2v) is 6.30. The zero-order valence-corrected chi connectivity index (χ0v) is 12.7. The SMILES string of the molecule is Cc1ccc(N2C(=O)[C@@H]3[C@@H]4C=C[C@@](CO)(O4)[C@@H]3C2=O)cc1[N+](=O)[O-]. The first kappa shape index (κ1) is 15.0. The summed E-state index contributed by atoms with van der Waals surface area (Å²) in [5, 5.41) is 20.8. The van der Waals surface area contributed by atoms with Crippen LogP contribution in [0.15, 0.2) is 30.4 Å². The molecule has 0 spiro atoms. The van der Waals surface area contributed by atoms with E-state index in [0.717, 1.165) is 4.90 Å². The molecule has 8 nitrogen and oxygen atoms in total. The van der Waals surface area contributed by atoms with Gasteiger partial charge in [-0.3, -0.25) is 19.7 Å². The molecule has 24 heavy (non-hydrogen) atoms. The highest BCUT2D eigenvalue weighted by molar-refractivity contribution is 6.23. The summed E-state index contributed by atoms with van der Waals surface area (Å²) in [4.78, 5) is 37.1. The zero-order chi connectivity index (χ0) is 17.2. The van der Waals surface area contributed by atoms with Crippen molar-refractivity contribution in [2.45, 2.75) is 18.6 Å². The van der Waals surface area contributed by atoms with Gasteiger partial charge in [0, 0.05) is 11.6 Å². The van der Waals surface area contributed by atoms with Crippen molar-refractivity contribution in [3.05, 3.63) is 46.0 Å². The highest BCUT2D eigenvalue weighted by Crippen LogP contribution is 2.52. The molecule has 1 N–H and O–H groups in total. The molecule has 0 aliphatic carbocycles. The maximum absolute atomic E-state index is 12.8. The monoisotopic (exact) mass is 330 g/mol. The number of aryl methyl sites for hydroxylation is 1. The highest BCUT2D eigenvalue weighted by Gasteiger charge is 2.67. The number of hydrogen-bond acceptors (Lipinski definition) is 6. The van der Waals surface area contributed by atoms with Gasteiger partial charge in [0.15, 0.2) is 0 Å². The van der Waals surface area contributed by atoms with Gasteiger partial charge in [0.2, 0.25) is 11.8 Å². The molecule has 8 heteroatoms. The molecule has 4 atom stereocenters. The number of nitro benzene ring substituents is 1. The summed E-state index contributed by atoms with van der Waals surface area (Å²) in [6.07, 6.45) is 2.76. The maximum atomic E-state index is 12.8. The first-order chi connectivity index (χ1) is 11.4. The Morgan fingerprint density at radius 2 is 2.12 bits per heavy atom. The van der Waals surface area contributed by atoms with Crippen molar-refractivity contribution < 1.29 is 24.4 Å². The second kappa shape index (κ2) is 4.71. The van der Waals surface area contributed by atoms with Crippen LogP contribution in [0.1, 0.15) is 5.56 Å². The normalized spacial score (nSPS) is 33.4. The van der Waals surface area contributed by atoms with E-state index in [9.17, 15) is 24.8 Å². The number of nitrogens with zero attached hydrogens (tertiary/aromatic N) is 2. The third kappa shape index (κ3) is 1.69. The van der Waals surface area contributed by atoms with Gasteiger partial charge in [0.05, 0.1) is 35.2 Å². The van der Waals surface area contributed by atoms with Crippen molar-refractivity contribution in [2.24, 2.45) is 11.8 Å². The number of nitro groups is 1. The van der Waals surface area contributed by atoms with E-state index >= 15 is 0 Å². The largest absolute Gasteiger partial charge is 0.393 e. The predicted molar refractivity (Wildman–Crippen MR) is 81.1 cm³/mol. The van der Waals surface area contributed by atoms with E-state index in [-0.39, 0.29) is 11.4 Å². The molecule has 3 aliphatic heterocycles. The summed E-state index contributed by atoms with van der Waals surface area (Å²) in [5.74, 6) is -2.45. The van der Waals surface area contributed by atoms with Crippen LogP contribution in [0.3, 0.4) is 0 Å². The molecule has 0 aromatic heterocycles. The first-order valence-electron chi connectivity index (χ1n) is 7.50. The Bertz CT molecular complexity index is 819. The summed E-state index contributed by atoms with van der Waals surface area (Å²) < 4.78 is 5.64. The van der Waals surface area contributed by atoms with Gasteiger partial charge in [-0.25, -0.2) is 4.90 Å². The summed E-state index contributed by atoms with van der Waals surface area (Å²) in [6.45, 7) is 1.19. The van der Waals surface area contributed by atoms with Crippen LogP contribution in [0, 0.1) is 28.9 Å². The number of amides is 2. The third-order valence-corrected chi connectivity index (χ3v) is 5.05. The number of aliphatic hydroxyl groups is 1. The highest BCUT2D eigenvalue weighted by atomic mass is 16.6. The van der Waals surface area contributed by atoms with Gasteiger partial charge in [0.1, 0.15) is 5.60 Å². The van der Waals surface area contributed by atoms with E-state index in [1.54, 1.807) is 19.1 Å². The standard InChI is InChI=1S/C16H14N2O6/c1-8-2-3-9(6-10(8)18(22)23)17-14(20)12-11-4-5-16(7-19,24-11)13(12)15(17)21/h2-6,11-13,19H,7H2,1H3/t11-,12+,13-,16-/m0/s1. The Labute approximate surface area is 136 Å². The van der Waals surface area contributed by atoms with Gasteiger partial charge in [-0.05, 0) is 13.0 Å². The van der Waals surface area contributed by atoms with E-state index < -0.39 is 46.9 Å². The molecule has 2 fully saturated rings. The Morgan fingerprint density at radius 3 is 2.79 bits per heavy atom. The molecule has 0 unspecified atom stereocenters. The van der Waals surface area contributed by atoms with Crippen LogP contribution in [0.2, 0.25) is 0 Å². The fraction of sp³-hybridized carbons (Fsp3) is 0.375. The van der Waals surface area contributed by atoms with Gasteiger partial charge >= 0.3 is 0 Å². The van der Waals surface area contributed by atoms with Crippen LogP contribution < -0.4 is 4.90 Å². The number of rotatable bonds is 3. The van der Waals surface area contributed by atoms with E-state index in [1.807, 2.05) is 0 Å². The maximum Gasteiger partial charge on any atom is 0.274 e. The van der Waals surface area contributed by atoms with Gasteiger partial charge in [0.25, 0.3) is 5.69 Å². The van der Waals surface area contributed by atoms with E-state index in [2.05, 4.69) is 0 Å². The zero-order valence-electron chi connectivity index (χ0n) is 12.7. The third-order valence-electron chi connectivity index (χ3n) is 5.05. The number of aliphatic hydroxyl groups excluding tert-OH is 1. The lowest BCUT2D eigenvalue weighted by atomic mass is 9.77. The number of carbonyl (C=O) groups is 2. The fourth-order valence-electron chi connectivity index (χ4n) is 3.87. The summed E-state index contributed by atoms with van der Waals surface area (Å²) >= 11 is 0. The average Bonchev–Trinajstić information content (AvgIpc) is 3.19. The second-order valence-electron chi connectivity index (χ2n) is 6.30. The lowest BCUT2D eigenvalue weighted by molar-refractivity contribution is -0.385. The molecule has 0 saturated carbocycles. The van der Waals surface area contributed by atoms with Gasteiger partial charge in [-0.1, -0.05) is 18.2 Å². The van der Waals surface area contributed by atoms with Crippen molar-refractivity contribution >= 4 is 23.2 Å². The van der Waals surface area contributed by atoms with E-state index in [4.69, 9.17) is 4.74 Å². The van der Waals surface area contributed by atoms with Crippen molar-refractivity contribution in [1.82, 2.24) is 0 Å². The molecule has 1 aromatic carbocycles. The lowest BCUT2D eigenvalue weighted by Crippen LogP contribution is -2.43. The molecule has 3 aliphatic rings. The summed E-state index contributed by atoms with van der Waals surface area (Å²) in [5.41, 5.74) is -0.712. The van der Waals surface area contributed by atoms with Crippen LogP contribution >= 0.6 is 0 Å². The minimum absolute atomic E-state index is 0.153. The van der Waals surface area contributed by atoms with Crippen LogP contribution in [-0.2, 0) is 14.3 Å². The van der Waals surface area contributed by atoms with E-state index in [1.165, 1.54) is 18.2 Å². The number of fused-ring (bicyclic) bond motifs is 5. The van der Waals surface area contributed by atoms with E-state index in [0.29, 0.717) is 5.56 Å². The topological polar surface area (TPSA) is 110 Å². The molecular formula is C16H14N2O6. The molecule has 4 rings (SSSR count). The Morgan fingerprint density at radius 1 is 1.38 bits per heavy atom. The average molecular weight is 330 g/mol. The van der Waals surface area contributed by atoms with Gasteiger partial charge < -0.3 is 9.84 Å². The fourth-order valence-corrected chi connectivity index (χ4v) is 3.87. The van der Waals surface area contributed by atoms with Crippen LogP contribution in [0.4, 0.5) is 11.4 Å². The van der Waals surface area contributed by atoms with Crippen LogP contribution in [0.5, 0.6) is 0 Å². The number of ether oxygens (including phenoxy) is 1. The number of anilines is 1. The van der Waals surface area contributed by atoms with Crippen LogP contribution in [0.25, 0.3) is 0 Å². The number of benzene rings is 1. The smallest absolute Gasteiger partial charge is 0.274 e. The molecule has 2 amide bonds. The predicted octanol–water partition coefficient (Wildman–Crippen LogP) is 0.709. The van der Waals surface area contributed by atoms with Gasteiger partial charge in [-0.2, -0.15) is 0 Å². The molecule has 2 saturated heterocycles. The Balaban J connectivity index is 1.77. The Hall–Kier alpha value is -2.58. The van der Waals surface area contributed by atoms with Crippen molar-refractivity contribution in [3.8, 4) is 0 Å². The number of carbonyl (C=O) groups excluding carboxylic acids is 2. The molecule has 2 bridgehead atoms. The Kier molecular flexibility index (Phi) is 2.94. The van der Waals surface area contributed by atoms with Gasteiger partial charge in [-0.15, -0.1) is 0 Å². The lowest BCUT2D eigenvalue weighted by Gasteiger charge is -2.26. The molecule has 1 aromatic rings. The molecular weight excluding hydrogens is 316 g/mol. The quantitative estimate of drug-likeness (QED) is 0.378. The van der Waals surface area contributed by atoms with Crippen molar-refractivity contribution in [2.75, 3.05) is 11.5 Å². The molecule has 3 heterocycles. The number of imide groups is 1. The summed E-state index contributed by atoms with van der Waals surface area (Å²) in [7, 11) is 0. The van der Waals surface area contributed by atoms with Crippen molar-refractivity contribution in [1.29, 1.82) is 0 Å². The molecule has 124 valence electrons. The number of hydrogen-bond donors (Lipinski definition) is 1. The molecule has 0 radical (unpaired) electrons. The van der Waals surface area contributed by atoms with Crippen molar-refractivity contribution in [3.63, 3.8) is 0 Å².